The van der Waals surface area contributed by atoms with Crippen LogP contribution < -0.4 is 5.32 Å². The molecule has 0 aliphatic heterocycles. The van der Waals surface area contributed by atoms with Crippen molar-refractivity contribution in [3.63, 3.8) is 0 Å². The molecule has 0 radical (unpaired) electrons. The minimum Gasteiger partial charge on any atom is -0.326 e. The molecule has 1 amide bonds. The molecule has 1 N–H and O–H groups in total. The first-order valence-corrected chi connectivity index (χ1v) is 5.93. The highest BCUT2D eigenvalue weighted by Gasteiger charge is 2.03. The van der Waals surface area contributed by atoms with E-state index in [4.69, 9.17) is 0 Å². The van der Waals surface area contributed by atoms with E-state index in [1.807, 2.05) is 30.3 Å². The van der Waals surface area contributed by atoms with Crippen molar-refractivity contribution in [1.29, 1.82) is 0 Å². The number of anilines is 1. The summed E-state index contributed by atoms with van der Waals surface area (Å²) in [5, 5.41) is 2.77. The van der Waals surface area contributed by atoms with Crippen molar-refractivity contribution in [3.05, 3.63) is 47.2 Å². The topological polar surface area (TPSA) is 42.0 Å². The average molecular weight is 291 g/mol. The number of rotatable bonds is 2. The largest absolute Gasteiger partial charge is 0.326 e. The van der Waals surface area contributed by atoms with Crippen LogP contribution in [-0.2, 0) is 4.79 Å². The Labute approximate surface area is 108 Å². The second-order valence-electron chi connectivity index (χ2n) is 3.65. The van der Waals surface area contributed by atoms with Gasteiger partial charge in [0.15, 0.2) is 0 Å². The van der Waals surface area contributed by atoms with Crippen molar-refractivity contribution in [3.8, 4) is 11.1 Å². The van der Waals surface area contributed by atoms with Crippen LogP contribution in [0.3, 0.4) is 0 Å². The Bertz CT molecular complexity index is 540. The number of nitrogens with zero attached hydrogens (tertiary/aromatic N) is 1. The number of carbonyl (C=O) groups is 1. The summed E-state index contributed by atoms with van der Waals surface area (Å²) in [5.41, 5.74) is 2.87. The molecule has 2 aromatic rings. The zero-order valence-corrected chi connectivity index (χ0v) is 10.9. The fourth-order valence-electron chi connectivity index (χ4n) is 1.58. The van der Waals surface area contributed by atoms with Gasteiger partial charge in [0.25, 0.3) is 0 Å². The van der Waals surface area contributed by atoms with E-state index in [9.17, 15) is 4.79 Å². The number of aromatic nitrogens is 1. The van der Waals surface area contributed by atoms with Gasteiger partial charge in [-0.2, -0.15) is 0 Å². The lowest BCUT2D eigenvalue weighted by Crippen LogP contribution is -2.05. The van der Waals surface area contributed by atoms with E-state index < -0.39 is 0 Å². The summed E-state index contributed by atoms with van der Waals surface area (Å²) in [7, 11) is 0. The maximum atomic E-state index is 11.0. The van der Waals surface area contributed by atoms with Gasteiger partial charge >= 0.3 is 0 Å². The third kappa shape index (κ3) is 3.14. The number of halogens is 1. The van der Waals surface area contributed by atoms with Crippen LogP contribution in [0.25, 0.3) is 11.1 Å². The monoisotopic (exact) mass is 290 g/mol. The van der Waals surface area contributed by atoms with Crippen molar-refractivity contribution >= 4 is 27.5 Å². The maximum Gasteiger partial charge on any atom is 0.221 e. The van der Waals surface area contributed by atoms with Crippen LogP contribution in [0.15, 0.2) is 47.2 Å². The highest BCUT2D eigenvalue weighted by atomic mass is 79.9. The molecule has 0 spiro atoms. The van der Waals surface area contributed by atoms with Gasteiger partial charge < -0.3 is 5.32 Å². The quantitative estimate of drug-likeness (QED) is 0.920. The minimum atomic E-state index is -0.0798. The maximum absolute atomic E-state index is 11.0. The van der Waals surface area contributed by atoms with Gasteiger partial charge in [0.2, 0.25) is 5.91 Å². The third-order valence-electron chi connectivity index (χ3n) is 2.23. The van der Waals surface area contributed by atoms with Gasteiger partial charge in [0.1, 0.15) is 0 Å². The lowest BCUT2D eigenvalue weighted by molar-refractivity contribution is -0.114. The highest BCUT2D eigenvalue weighted by molar-refractivity contribution is 9.10. The van der Waals surface area contributed by atoms with E-state index in [1.54, 1.807) is 12.4 Å². The molecule has 1 aromatic carbocycles. The number of amides is 1. The molecule has 0 unspecified atom stereocenters. The molecule has 86 valence electrons. The number of carbonyl (C=O) groups excluding carboxylic acids is 1. The number of nitrogens with one attached hydrogen (secondary N) is 1. The van der Waals surface area contributed by atoms with Crippen LogP contribution in [0.1, 0.15) is 6.92 Å². The normalized spacial score (nSPS) is 10.0. The van der Waals surface area contributed by atoms with Crippen molar-refractivity contribution in [1.82, 2.24) is 4.98 Å². The molecule has 0 aliphatic carbocycles. The van der Waals surface area contributed by atoms with Crippen molar-refractivity contribution in [2.45, 2.75) is 6.92 Å². The van der Waals surface area contributed by atoms with E-state index in [0.29, 0.717) is 0 Å². The van der Waals surface area contributed by atoms with Gasteiger partial charge in [-0.05, 0) is 41.5 Å². The van der Waals surface area contributed by atoms with Crippen LogP contribution in [0.5, 0.6) is 0 Å². The SMILES string of the molecule is CC(=O)Nc1cc(Br)cc(-c2ccncc2)c1. The van der Waals surface area contributed by atoms with Crippen molar-refractivity contribution in [2.75, 3.05) is 5.32 Å². The van der Waals surface area contributed by atoms with E-state index in [1.165, 1.54) is 6.92 Å². The standard InChI is InChI=1S/C13H11BrN2O/c1-9(17)16-13-7-11(6-12(14)8-13)10-2-4-15-5-3-10/h2-8H,1H3,(H,16,17). The Morgan fingerprint density at radius 3 is 2.53 bits per heavy atom. The molecule has 3 nitrogen and oxygen atoms in total. The van der Waals surface area contributed by atoms with Crippen LogP contribution in [0, 0.1) is 0 Å². The van der Waals surface area contributed by atoms with Crippen molar-refractivity contribution < 1.29 is 4.79 Å². The van der Waals surface area contributed by atoms with Crippen LogP contribution in [0.2, 0.25) is 0 Å². The molecule has 0 saturated carbocycles. The van der Waals surface area contributed by atoms with Gasteiger partial charge in [0.05, 0.1) is 0 Å². The number of hydrogen-bond acceptors (Lipinski definition) is 2. The molecule has 0 fully saturated rings. The molecule has 0 atom stereocenters. The fourth-order valence-corrected chi connectivity index (χ4v) is 2.07. The van der Waals surface area contributed by atoms with E-state index in [-0.39, 0.29) is 5.91 Å². The van der Waals surface area contributed by atoms with E-state index >= 15 is 0 Å². The molecule has 1 aromatic heterocycles. The summed E-state index contributed by atoms with van der Waals surface area (Å²) in [6.45, 7) is 1.49. The number of pyridine rings is 1. The second-order valence-corrected chi connectivity index (χ2v) is 4.56. The molecule has 0 aliphatic rings. The Balaban J connectivity index is 2.42. The first kappa shape index (κ1) is 11.8. The first-order valence-electron chi connectivity index (χ1n) is 5.14. The van der Waals surface area contributed by atoms with Gasteiger partial charge in [0, 0.05) is 29.5 Å². The summed E-state index contributed by atoms with van der Waals surface area (Å²) < 4.78 is 0.926. The van der Waals surface area contributed by atoms with Gasteiger partial charge in [-0.1, -0.05) is 15.9 Å². The molecule has 2 rings (SSSR count). The zero-order valence-electron chi connectivity index (χ0n) is 9.27. The second kappa shape index (κ2) is 5.10. The Morgan fingerprint density at radius 2 is 1.88 bits per heavy atom. The number of benzene rings is 1. The van der Waals surface area contributed by atoms with Gasteiger partial charge in [-0.3, -0.25) is 9.78 Å². The van der Waals surface area contributed by atoms with Gasteiger partial charge in [-0.15, -0.1) is 0 Å². The van der Waals surface area contributed by atoms with Crippen LogP contribution in [0.4, 0.5) is 5.69 Å². The fraction of sp³-hybridized carbons (Fsp3) is 0.0769. The Kier molecular flexibility index (Phi) is 3.54. The molecule has 0 bridgehead atoms. The summed E-state index contributed by atoms with van der Waals surface area (Å²) >= 11 is 3.43. The van der Waals surface area contributed by atoms with Crippen LogP contribution in [-0.4, -0.2) is 10.9 Å². The van der Waals surface area contributed by atoms with E-state index in [2.05, 4.69) is 26.2 Å². The Hall–Kier alpha value is -1.68. The van der Waals surface area contributed by atoms with Crippen LogP contribution >= 0.6 is 15.9 Å². The predicted molar refractivity (Wildman–Crippen MR) is 71.7 cm³/mol. The molecule has 1 heterocycles. The molecule has 17 heavy (non-hydrogen) atoms. The molecular weight excluding hydrogens is 280 g/mol. The smallest absolute Gasteiger partial charge is 0.221 e. The zero-order chi connectivity index (χ0) is 12.3. The lowest BCUT2D eigenvalue weighted by Gasteiger charge is -2.07. The summed E-state index contributed by atoms with van der Waals surface area (Å²) in [6, 6.07) is 9.66. The minimum absolute atomic E-state index is 0.0798. The lowest BCUT2D eigenvalue weighted by atomic mass is 10.1. The summed E-state index contributed by atoms with van der Waals surface area (Å²) in [6.07, 6.45) is 3.49. The summed E-state index contributed by atoms with van der Waals surface area (Å²) in [4.78, 5) is 15.0. The van der Waals surface area contributed by atoms with Crippen molar-refractivity contribution in [2.24, 2.45) is 0 Å². The Morgan fingerprint density at radius 1 is 1.18 bits per heavy atom. The third-order valence-corrected chi connectivity index (χ3v) is 2.69. The molecule has 0 saturated heterocycles. The molecular formula is C13H11BrN2O. The van der Waals surface area contributed by atoms with Gasteiger partial charge in [-0.25, -0.2) is 0 Å². The first-order chi connectivity index (χ1) is 8.15. The number of hydrogen-bond donors (Lipinski definition) is 1. The summed E-state index contributed by atoms with van der Waals surface area (Å²) in [5.74, 6) is -0.0798. The predicted octanol–water partition coefficient (Wildman–Crippen LogP) is 3.47. The van der Waals surface area contributed by atoms with E-state index in [0.717, 1.165) is 21.3 Å². The average Bonchev–Trinajstić information content (AvgIpc) is 2.28. The highest BCUT2D eigenvalue weighted by Crippen LogP contribution is 2.27. The molecule has 4 heteroatoms.